The van der Waals surface area contributed by atoms with Crippen molar-refractivity contribution in [2.45, 2.75) is 19.5 Å². The number of para-hydroxylation sites is 1. The summed E-state index contributed by atoms with van der Waals surface area (Å²) in [6.45, 7) is 3.31. The van der Waals surface area contributed by atoms with Crippen molar-refractivity contribution in [3.05, 3.63) is 64.9 Å². The largest absolute Gasteiger partial charge is 0.323 e. The van der Waals surface area contributed by atoms with Crippen LogP contribution in [0.1, 0.15) is 19.4 Å². The molecular formula is C19H17ClFN3O2. The average molecular weight is 374 g/mol. The Morgan fingerprint density at radius 3 is 2.50 bits per heavy atom. The number of hydrogen-bond donors (Lipinski definition) is 1. The van der Waals surface area contributed by atoms with E-state index in [0.717, 1.165) is 0 Å². The van der Waals surface area contributed by atoms with Crippen molar-refractivity contribution in [2.24, 2.45) is 4.99 Å². The van der Waals surface area contributed by atoms with Gasteiger partial charge < -0.3 is 10.2 Å². The molecule has 0 fully saturated rings. The third-order valence-corrected chi connectivity index (χ3v) is 4.39. The lowest BCUT2D eigenvalue weighted by molar-refractivity contribution is -0.131. The van der Waals surface area contributed by atoms with E-state index >= 15 is 0 Å². The molecule has 2 aromatic carbocycles. The second-order valence-corrected chi connectivity index (χ2v) is 6.79. The number of nitrogens with zero attached hydrogens (tertiary/aromatic N) is 2. The lowest BCUT2D eigenvalue weighted by Gasteiger charge is -2.28. The normalized spacial score (nSPS) is 15.8. The van der Waals surface area contributed by atoms with E-state index in [-0.39, 0.29) is 24.1 Å². The quantitative estimate of drug-likeness (QED) is 0.891. The minimum absolute atomic E-state index is 0.175. The van der Waals surface area contributed by atoms with Crippen LogP contribution in [0.4, 0.5) is 10.1 Å². The number of nitrogens with one attached hydrogen (secondary N) is 1. The number of rotatable bonds is 4. The smallest absolute Gasteiger partial charge is 0.275 e. The van der Waals surface area contributed by atoms with Crippen LogP contribution in [0.5, 0.6) is 0 Å². The van der Waals surface area contributed by atoms with E-state index in [4.69, 9.17) is 11.6 Å². The van der Waals surface area contributed by atoms with Crippen LogP contribution in [0.25, 0.3) is 0 Å². The predicted octanol–water partition coefficient (Wildman–Crippen LogP) is 3.49. The van der Waals surface area contributed by atoms with Gasteiger partial charge in [-0.2, -0.15) is 0 Å². The number of carbonyl (C=O) groups is 2. The first-order valence-electron chi connectivity index (χ1n) is 8.00. The first kappa shape index (κ1) is 18.1. The lowest BCUT2D eigenvalue weighted by Crippen LogP contribution is -2.46. The molecule has 0 saturated heterocycles. The number of aliphatic imine (C=N–C) groups is 1. The Balaban J connectivity index is 1.77. The molecule has 0 bridgehead atoms. The summed E-state index contributed by atoms with van der Waals surface area (Å²) in [5, 5.41) is 3.11. The topological polar surface area (TPSA) is 61.8 Å². The number of hydrogen-bond acceptors (Lipinski definition) is 3. The molecule has 1 aliphatic heterocycles. The molecule has 0 aliphatic carbocycles. The molecule has 2 aromatic rings. The first-order valence-corrected chi connectivity index (χ1v) is 8.38. The van der Waals surface area contributed by atoms with E-state index in [9.17, 15) is 14.0 Å². The van der Waals surface area contributed by atoms with Crippen molar-refractivity contribution >= 4 is 34.8 Å². The molecule has 134 valence electrons. The van der Waals surface area contributed by atoms with Gasteiger partial charge in [0, 0.05) is 5.56 Å². The summed E-state index contributed by atoms with van der Waals surface area (Å²) >= 11 is 6.04. The average Bonchev–Trinajstić information content (AvgIpc) is 2.81. The fourth-order valence-corrected chi connectivity index (χ4v) is 2.90. The maximum Gasteiger partial charge on any atom is 0.275 e. The molecule has 0 atom stereocenters. The van der Waals surface area contributed by atoms with Crippen molar-refractivity contribution in [1.82, 2.24) is 4.90 Å². The highest BCUT2D eigenvalue weighted by Gasteiger charge is 2.41. The minimum atomic E-state index is -0.890. The molecule has 7 heteroatoms. The maximum absolute atomic E-state index is 13.1. The summed E-state index contributed by atoms with van der Waals surface area (Å²) in [5.74, 6) is -1.15. The van der Waals surface area contributed by atoms with Crippen LogP contribution in [0.15, 0.2) is 53.5 Å². The fraction of sp³-hybridized carbons (Fsp3) is 0.211. The van der Waals surface area contributed by atoms with Crippen LogP contribution in [-0.2, 0) is 9.59 Å². The van der Waals surface area contributed by atoms with E-state index in [1.807, 2.05) is 0 Å². The van der Waals surface area contributed by atoms with Gasteiger partial charge in [0.2, 0.25) is 5.91 Å². The molecule has 0 spiro atoms. The number of halogens is 2. The molecule has 26 heavy (non-hydrogen) atoms. The van der Waals surface area contributed by atoms with E-state index < -0.39 is 11.5 Å². The van der Waals surface area contributed by atoms with Crippen LogP contribution in [-0.4, -0.2) is 34.6 Å². The number of benzene rings is 2. The van der Waals surface area contributed by atoms with Crippen LogP contribution in [0, 0.1) is 5.82 Å². The minimum Gasteiger partial charge on any atom is -0.323 e. The zero-order chi connectivity index (χ0) is 18.9. The zero-order valence-electron chi connectivity index (χ0n) is 14.3. The van der Waals surface area contributed by atoms with Crippen molar-refractivity contribution in [1.29, 1.82) is 0 Å². The molecule has 0 saturated carbocycles. The van der Waals surface area contributed by atoms with Gasteiger partial charge in [-0.25, -0.2) is 4.39 Å². The maximum atomic E-state index is 13.1. The summed E-state index contributed by atoms with van der Waals surface area (Å²) in [6.07, 6.45) is 0. The van der Waals surface area contributed by atoms with Crippen molar-refractivity contribution in [2.75, 3.05) is 11.9 Å². The van der Waals surface area contributed by atoms with Crippen LogP contribution < -0.4 is 5.32 Å². The van der Waals surface area contributed by atoms with Gasteiger partial charge >= 0.3 is 0 Å². The van der Waals surface area contributed by atoms with Gasteiger partial charge in [0.15, 0.2) is 0 Å². The van der Waals surface area contributed by atoms with Gasteiger partial charge in [-0.05, 0) is 50.2 Å². The Kier molecular flexibility index (Phi) is 4.78. The molecule has 1 aliphatic rings. The molecule has 0 aromatic heterocycles. The summed E-state index contributed by atoms with van der Waals surface area (Å²) in [7, 11) is 0. The Hall–Kier alpha value is -2.73. The van der Waals surface area contributed by atoms with Crippen LogP contribution in [0.2, 0.25) is 5.02 Å². The van der Waals surface area contributed by atoms with Crippen molar-refractivity contribution in [3.8, 4) is 0 Å². The van der Waals surface area contributed by atoms with Crippen molar-refractivity contribution in [3.63, 3.8) is 0 Å². The van der Waals surface area contributed by atoms with Gasteiger partial charge in [0.25, 0.3) is 5.91 Å². The number of anilines is 1. The highest BCUT2D eigenvalue weighted by molar-refractivity contribution is 6.47. The summed E-state index contributed by atoms with van der Waals surface area (Å²) in [4.78, 5) is 30.9. The van der Waals surface area contributed by atoms with Crippen molar-refractivity contribution < 1.29 is 14.0 Å². The second kappa shape index (κ2) is 6.88. The number of amides is 2. The van der Waals surface area contributed by atoms with Crippen LogP contribution >= 0.6 is 11.6 Å². The molecular weight excluding hydrogens is 357 g/mol. The zero-order valence-corrected chi connectivity index (χ0v) is 15.0. The summed E-state index contributed by atoms with van der Waals surface area (Å²) in [6, 6.07) is 12.4. The summed E-state index contributed by atoms with van der Waals surface area (Å²) < 4.78 is 13.1. The van der Waals surface area contributed by atoms with Gasteiger partial charge in [-0.3, -0.25) is 14.6 Å². The Labute approximate surface area is 155 Å². The Bertz CT molecular complexity index is 894. The molecule has 0 radical (unpaired) electrons. The first-order chi connectivity index (χ1) is 12.3. The Morgan fingerprint density at radius 2 is 1.85 bits per heavy atom. The Morgan fingerprint density at radius 1 is 1.19 bits per heavy atom. The number of carbonyl (C=O) groups excluding carboxylic acids is 2. The standard InChI is InChI=1S/C19H17ClFN3O2/c1-19(2)23-17(12-7-9-13(21)10-8-12)18(26)24(19)11-16(25)22-15-6-4-3-5-14(15)20/h3-10H,11H2,1-2H3,(H,22,25). The fourth-order valence-electron chi connectivity index (χ4n) is 2.72. The van der Waals surface area contributed by atoms with E-state index in [1.165, 1.54) is 29.2 Å². The van der Waals surface area contributed by atoms with Gasteiger partial charge in [0.1, 0.15) is 23.7 Å². The molecule has 1 N–H and O–H groups in total. The highest BCUT2D eigenvalue weighted by Crippen LogP contribution is 2.27. The van der Waals surface area contributed by atoms with Crippen LogP contribution in [0.3, 0.4) is 0 Å². The van der Waals surface area contributed by atoms with E-state index in [0.29, 0.717) is 16.3 Å². The third-order valence-electron chi connectivity index (χ3n) is 4.06. The second-order valence-electron chi connectivity index (χ2n) is 6.38. The van der Waals surface area contributed by atoms with E-state index in [2.05, 4.69) is 10.3 Å². The molecule has 1 heterocycles. The van der Waals surface area contributed by atoms with E-state index in [1.54, 1.807) is 38.1 Å². The summed E-state index contributed by atoms with van der Waals surface area (Å²) in [5.41, 5.74) is 0.306. The molecule has 3 rings (SSSR count). The van der Waals surface area contributed by atoms with Gasteiger partial charge in [-0.15, -0.1) is 0 Å². The van der Waals surface area contributed by atoms with Gasteiger partial charge in [-0.1, -0.05) is 23.7 Å². The lowest BCUT2D eigenvalue weighted by atomic mass is 10.1. The predicted molar refractivity (Wildman–Crippen MR) is 98.8 cm³/mol. The highest BCUT2D eigenvalue weighted by atomic mass is 35.5. The SMILES string of the molecule is CC1(C)N=C(c2ccc(F)cc2)C(=O)N1CC(=O)Nc1ccccc1Cl. The third kappa shape index (κ3) is 3.60. The molecule has 0 unspecified atom stereocenters. The monoisotopic (exact) mass is 373 g/mol. The van der Waals surface area contributed by atoms with Gasteiger partial charge in [0.05, 0.1) is 10.7 Å². The molecule has 5 nitrogen and oxygen atoms in total. The molecule has 2 amide bonds.